The van der Waals surface area contributed by atoms with Gasteiger partial charge in [-0.05, 0) is 54.1 Å². The molecule has 0 aliphatic carbocycles. The van der Waals surface area contributed by atoms with E-state index in [2.05, 4.69) is 0 Å². The van der Waals surface area contributed by atoms with Gasteiger partial charge in [-0.2, -0.15) is 13.2 Å². The summed E-state index contributed by atoms with van der Waals surface area (Å²) >= 11 is 1.85. The number of carbonyl (C=O) groups is 1. The molecule has 27 heavy (non-hydrogen) atoms. The van der Waals surface area contributed by atoms with E-state index in [4.69, 9.17) is 4.74 Å². The van der Waals surface area contributed by atoms with Gasteiger partial charge >= 0.3 is 6.18 Å². The lowest BCUT2D eigenvalue weighted by molar-refractivity contribution is -0.138. The Morgan fingerprint density at radius 1 is 1.15 bits per heavy atom. The van der Waals surface area contributed by atoms with Crippen LogP contribution in [0, 0.1) is 3.57 Å². The molecular formula is C20H19F3INO2. The van der Waals surface area contributed by atoms with Crippen molar-refractivity contribution in [3.8, 4) is 0 Å². The van der Waals surface area contributed by atoms with Gasteiger partial charge in [0, 0.05) is 21.4 Å². The Labute approximate surface area is 169 Å². The highest BCUT2D eigenvalue weighted by molar-refractivity contribution is 14.1. The summed E-state index contributed by atoms with van der Waals surface area (Å²) in [5.41, 5.74) is -0.601. The molecule has 0 fully saturated rings. The van der Waals surface area contributed by atoms with Gasteiger partial charge in [0.15, 0.2) is 0 Å². The normalized spacial score (nSPS) is 15.9. The van der Waals surface area contributed by atoms with E-state index >= 15 is 0 Å². The van der Waals surface area contributed by atoms with Gasteiger partial charge in [-0.25, -0.2) is 0 Å². The molecule has 1 heterocycles. The van der Waals surface area contributed by atoms with Crippen molar-refractivity contribution < 1.29 is 22.7 Å². The Kier molecular flexibility index (Phi) is 5.54. The van der Waals surface area contributed by atoms with Gasteiger partial charge in [0.1, 0.15) is 0 Å². The molecule has 2 aromatic carbocycles. The van der Waals surface area contributed by atoms with Crippen LogP contribution in [0.15, 0.2) is 42.5 Å². The second-order valence-electron chi connectivity index (χ2n) is 6.97. The molecule has 0 radical (unpaired) electrons. The zero-order valence-electron chi connectivity index (χ0n) is 14.9. The molecule has 1 aliphatic heterocycles. The highest BCUT2D eigenvalue weighted by Crippen LogP contribution is 2.48. The number of anilines is 1. The lowest BCUT2D eigenvalue weighted by Crippen LogP contribution is -2.38. The predicted octanol–water partition coefficient (Wildman–Crippen LogP) is 5.15. The SMILES string of the molecule is CC1(C)C(=O)N(CCOCc2ccccc2)c2cc(I)cc(C(F)(F)F)c21. The van der Waals surface area contributed by atoms with Gasteiger partial charge in [-0.3, -0.25) is 4.79 Å². The maximum absolute atomic E-state index is 13.6. The average molecular weight is 489 g/mol. The molecule has 2 aromatic rings. The summed E-state index contributed by atoms with van der Waals surface area (Å²) in [7, 11) is 0. The molecule has 0 spiro atoms. The van der Waals surface area contributed by atoms with Crippen molar-refractivity contribution in [2.24, 2.45) is 0 Å². The van der Waals surface area contributed by atoms with Crippen molar-refractivity contribution in [1.29, 1.82) is 0 Å². The van der Waals surface area contributed by atoms with Crippen LogP contribution >= 0.6 is 22.6 Å². The molecule has 7 heteroatoms. The number of fused-ring (bicyclic) bond motifs is 1. The van der Waals surface area contributed by atoms with Crippen molar-refractivity contribution in [1.82, 2.24) is 0 Å². The van der Waals surface area contributed by atoms with E-state index in [9.17, 15) is 18.0 Å². The monoisotopic (exact) mass is 489 g/mol. The van der Waals surface area contributed by atoms with E-state index in [0.29, 0.717) is 15.9 Å². The predicted molar refractivity (Wildman–Crippen MR) is 106 cm³/mol. The molecule has 3 rings (SSSR count). The van der Waals surface area contributed by atoms with Crippen molar-refractivity contribution in [3.63, 3.8) is 0 Å². The third-order valence-electron chi connectivity index (χ3n) is 4.65. The Morgan fingerprint density at radius 3 is 2.44 bits per heavy atom. The van der Waals surface area contributed by atoms with Crippen LogP contribution < -0.4 is 4.90 Å². The Hall–Kier alpha value is -1.61. The summed E-state index contributed by atoms with van der Waals surface area (Å²) in [5, 5.41) is 0. The number of amides is 1. The van der Waals surface area contributed by atoms with Gasteiger partial charge in [0.25, 0.3) is 0 Å². The van der Waals surface area contributed by atoms with Crippen molar-refractivity contribution in [2.45, 2.75) is 32.0 Å². The smallest absolute Gasteiger partial charge is 0.375 e. The zero-order valence-corrected chi connectivity index (χ0v) is 17.1. The second-order valence-corrected chi connectivity index (χ2v) is 8.21. The molecule has 144 valence electrons. The molecule has 0 saturated carbocycles. The third kappa shape index (κ3) is 3.99. The number of carbonyl (C=O) groups excluding carboxylic acids is 1. The number of ether oxygens (including phenoxy) is 1. The van der Waals surface area contributed by atoms with Crippen LogP contribution in [0.4, 0.5) is 18.9 Å². The molecule has 0 aromatic heterocycles. The molecule has 0 atom stereocenters. The summed E-state index contributed by atoms with van der Waals surface area (Å²) in [5.74, 6) is -0.340. The largest absolute Gasteiger partial charge is 0.416 e. The minimum atomic E-state index is -4.51. The minimum absolute atomic E-state index is 0.0449. The zero-order chi connectivity index (χ0) is 19.8. The topological polar surface area (TPSA) is 29.5 Å². The quantitative estimate of drug-likeness (QED) is 0.430. The van der Waals surface area contributed by atoms with Crippen LogP contribution in [0.5, 0.6) is 0 Å². The summed E-state index contributed by atoms with van der Waals surface area (Å²) < 4.78 is 46.7. The first kappa shape index (κ1) is 20.1. The first-order valence-corrected chi connectivity index (χ1v) is 9.55. The summed E-state index contributed by atoms with van der Waals surface area (Å²) in [6, 6.07) is 12.3. The lowest BCUT2D eigenvalue weighted by atomic mass is 9.83. The first-order valence-electron chi connectivity index (χ1n) is 8.47. The van der Waals surface area contributed by atoms with E-state index in [0.717, 1.165) is 11.6 Å². The summed E-state index contributed by atoms with van der Waals surface area (Å²) in [6.45, 7) is 3.92. The maximum Gasteiger partial charge on any atom is 0.416 e. The van der Waals surface area contributed by atoms with Gasteiger partial charge < -0.3 is 9.64 Å². The number of hydrogen-bond donors (Lipinski definition) is 0. The van der Waals surface area contributed by atoms with Crippen molar-refractivity contribution in [3.05, 3.63) is 62.7 Å². The fourth-order valence-electron chi connectivity index (χ4n) is 3.38. The Morgan fingerprint density at radius 2 is 1.81 bits per heavy atom. The molecule has 0 unspecified atom stereocenters. The molecule has 1 amide bonds. The van der Waals surface area contributed by atoms with E-state index < -0.39 is 17.2 Å². The minimum Gasteiger partial charge on any atom is -0.375 e. The molecule has 3 nitrogen and oxygen atoms in total. The van der Waals surface area contributed by atoms with Gasteiger partial charge in [0.05, 0.1) is 24.2 Å². The van der Waals surface area contributed by atoms with Crippen LogP contribution in [0.1, 0.15) is 30.5 Å². The fraction of sp³-hybridized carbons (Fsp3) is 0.350. The van der Waals surface area contributed by atoms with Crippen LogP contribution in [-0.2, 0) is 27.7 Å². The van der Waals surface area contributed by atoms with Gasteiger partial charge in [-0.1, -0.05) is 30.3 Å². The van der Waals surface area contributed by atoms with Gasteiger partial charge in [0.2, 0.25) is 5.91 Å². The second kappa shape index (κ2) is 7.43. The number of nitrogens with zero attached hydrogens (tertiary/aromatic N) is 1. The number of halogens is 4. The number of hydrogen-bond acceptors (Lipinski definition) is 2. The van der Waals surface area contributed by atoms with Gasteiger partial charge in [-0.15, -0.1) is 0 Å². The number of alkyl halides is 3. The average Bonchev–Trinajstić information content (AvgIpc) is 2.78. The standard InChI is InChI=1S/C20H19F3INO2/c1-19(2)17-15(20(21,22)23)10-14(24)11-16(17)25(18(19)26)8-9-27-12-13-6-4-3-5-7-13/h3-7,10-11H,8-9,12H2,1-2H3. The molecule has 0 saturated heterocycles. The van der Waals surface area contributed by atoms with Crippen LogP contribution in [-0.4, -0.2) is 19.1 Å². The Balaban J connectivity index is 1.82. The number of rotatable bonds is 5. The summed E-state index contributed by atoms with van der Waals surface area (Å²) in [4.78, 5) is 14.3. The van der Waals surface area contributed by atoms with Crippen molar-refractivity contribution in [2.75, 3.05) is 18.1 Å². The van der Waals surface area contributed by atoms with E-state index in [1.165, 1.54) is 4.90 Å². The summed E-state index contributed by atoms with van der Waals surface area (Å²) in [6.07, 6.45) is -4.51. The highest BCUT2D eigenvalue weighted by Gasteiger charge is 2.49. The first-order chi connectivity index (χ1) is 12.6. The van der Waals surface area contributed by atoms with E-state index in [1.54, 1.807) is 19.9 Å². The van der Waals surface area contributed by atoms with E-state index in [-0.39, 0.29) is 24.6 Å². The Bertz CT molecular complexity index is 850. The van der Waals surface area contributed by atoms with E-state index in [1.807, 2.05) is 52.9 Å². The molecule has 0 bridgehead atoms. The lowest BCUT2D eigenvalue weighted by Gasteiger charge is -2.21. The highest BCUT2D eigenvalue weighted by atomic mass is 127. The maximum atomic E-state index is 13.6. The molecular weight excluding hydrogens is 470 g/mol. The third-order valence-corrected chi connectivity index (χ3v) is 5.28. The fourth-order valence-corrected chi connectivity index (χ4v) is 3.99. The van der Waals surface area contributed by atoms with Crippen LogP contribution in [0.25, 0.3) is 0 Å². The van der Waals surface area contributed by atoms with Crippen LogP contribution in [0.2, 0.25) is 0 Å². The molecule has 0 N–H and O–H groups in total. The van der Waals surface area contributed by atoms with Crippen LogP contribution in [0.3, 0.4) is 0 Å². The van der Waals surface area contributed by atoms with Crippen molar-refractivity contribution >= 4 is 34.2 Å². The number of benzene rings is 2. The molecule has 1 aliphatic rings.